The molecule has 0 aliphatic heterocycles. The van der Waals surface area contributed by atoms with Crippen LogP contribution in [-0.4, -0.2) is 46.9 Å². The SMILES string of the molecule is Cn1c2cc(C(=O)O)ccc2[n+]2c1[n+]1c3ccc(C(=O)O)cc3n(C)c1[n+]1c3ccc(C(=O)O)cc3n(C)c21.[Br-].[Br-].[Br-]. The molecule has 0 unspecified atom stereocenters. The van der Waals surface area contributed by atoms with E-state index in [0.717, 1.165) is 16.6 Å². The predicted molar refractivity (Wildman–Crippen MR) is 136 cm³/mol. The Morgan fingerprint density at radius 3 is 0.952 bits per heavy atom. The van der Waals surface area contributed by atoms with Crippen LogP contribution in [0.4, 0.5) is 0 Å². The van der Waals surface area contributed by atoms with Crippen molar-refractivity contribution in [2.45, 2.75) is 0 Å². The lowest BCUT2D eigenvalue weighted by molar-refractivity contribution is -0.694. The van der Waals surface area contributed by atoms with Gasteiger partial charge in [0.25, 0.3) is 0 Å². The Hall–Kier alpha value is -4.08. The highest BCUT2D eigenvalue weighted by atomic mass is 79.9. The van der Waals surface area contributed by atoms with E-state index in [4.69, 9.17) is 0 Å². The Labute approximate surface area is 267 Å². The molecule has 3 aromatic carbocycles. The van der Waals surface area contributed by atoms with E-state index in [0.29, 0.717) is 33.9 Å². The lowest BCUT2D eigenvalue weighted by Crippen LogP contribution is -3.00. The van der Waals surface area contributed by atoms with Crippen molar-refractivity contribution in [2.24, 2.45) is 21.1 Å². The van der Waals surface area contributed by atoms with Gasteiger partial charge in [-0.3, -0.25) is 4.57 Å². The number of aryl methyl sites for hydroxylation is 3. The number of carboxylic acids is 3. The molecule has 15 heteroatoms. The minimum Gasteiger partial charge on any atom is -1.00 e. The molecule has 0 spiro atoms. The Balaban J connectivity index is 0.00000135. The molecule has 0 bridgehead atoms. The summed E-state index contributed by atoms with van der Waals surface area (Å²) in [7, 11) is 5.55. The third kappa shape index (κ3) is 3.83. The van der Waals surface area contributed by atoms with E-state index in [9.17, 15) is 29.7 Å². The number of hydrogen-bond donors (Lipinski definition) is 3. The Bertz CT molecular complexity index is 2030. The highest BCUT2D eigenvalue weighted by molar-refractivity contribution is 5.94. The predicted octanol–water partition coefficient (Wildman–Crippen LogP) is -7.52. The van der Waals surface area contributed by atoms with Gasteiger partial charge in [0.15, 0.2) is 5.52 Å². The van der Waals surface area contributed by atoms with Crippen molar-refractivity contribution >= 4 is 68.3 Å². The molecular formula is C27H21Br3N6O6. The van der Waals surface area contributed by atoms with Crippen LogP contribution in [0.1, 0.15) is 31.1 Å². The van der Waals surface area contributed by atoms with Crippen LogP contribution in [0, 0.1) is 0 Å². The van der Waals surface area contributed by atoms with Crippen LogP contribution in [0.25, 0.3) is 50.4 Å². The number of benzene rings is 3. The summed E-state index contributed by atoms with van der Waals surface area (Å²) < 4.78 is 11.7. The van der Waals surface area contributed by atoms with Crippen LogP contribution in [0.3, 0.4) is 0 Å². The zero-order valence-corrected chi connectivity index (χ0v) is 26.8. The summed E-state index contributed by atoms with van der Waals surface area (Å²) in [5.74, 6) is -1.04. The largest absolute Gasteiger partial charge is 1.00 e. The van der Waals surface area contributed by atoms with E-state index >= 15 is 0 Å². The van der Waals surface area contributed by atoms with Gasteiger partial charge >= 0.3 is 35.2 Å². The summed E-state index contributed by atoms with van der Waals surface area (Å²) in [5, 5.41) is 29.0. The molecule has 0 atom stereocenters. The summed E-state index contributed by atoms with van der Waals surface area (Å²) in [4.78, 5) is 35.4. The van der Waals surface area contributed by atoms with Gasteiger partial charge in [0.05, 0.1) is 30.8 Å². The van der Waals surface area contributed by atoms with Crippen LogP contribution < -0.4 is 64.1 Å². The summed E-state index contributed by atoms with van der Waals surface area (Å²) in [6.45, 7) is 0. The molecule has 0 amide bonds. The number of aromatic nitrogens is 6. The van der Waals surface area contributed by atoms with Crippen LogP contribution in [-0.2, 0) is 21.1 Å². The summed E-state index contributed by atoms with van der Waals surface area (Å²) in [6.07, 6.45) is 0. The third-order valence-corrected chi connectivity index (χ3v) is 7.57. The monoisotopic (exact) mass is 762 g/mol. The topological polar surface area (TPSA) is 139 Å². The number of carbonyl (C=O) groups is 3. The molecular weight excluding hydrogens is 744 g/mol. The lowest BCUT2D eigenvalue weighted by atomic mass is 10.2. The van der Waals surface area contributed by atoms with Gasteiger partial charge in [0.2, 0.25) is 22.1 Å². The molecule has 4 heterocycles. The third-order valence-electron chi connectivity index (χ3n) is 7.57. The summed E-state index contributed by atoms with van der Waals surface area (Å²) in [5.41, 5.74) is 4.69. The fourth-order valence-corrected chi connectivity index (χ4v) is 5.78. The molecule has 12 nitrogen and oxygen atoms in total. The second kappa shape index (κ2) is 10.3. The van der Waals surface area contributed by atoms with Crippen molar-refractivity contribution < 1.29 is 93.8 Å². The maximum Gasteiger partial charge on any atom is 0.523 e. The van der Waals surface area contributed by atoms with E-state index in [1.165, 1.54) is 0 Å². The number of nitrogens with zero attached hydrogens (tertiary/aromatic N) is 6. The number of fused-ring (bicyclic) bond motifs is 12. The molecule has 42 heavy (non-hydrogen) atoms. The molecule has 0 fully saturated rings. The molecule has 7 rings (SSSR count). The average Bonchev–Trinajstić information content (AvgIpc) is 3.49. The van der Waals surface area contributed by atoms with E-state index in [1.54, 1.807) is 54.6 Å². The van der Waals surface area contributed by atoms with Gasteiger partial charge in [-0.15, -0.1) is 0 Å². The lowest BCUT2D eigenvalue weighted by Gasteiger charge is -1.94. The van der Waals surface area contributed by atoms with Gasteiger partial charge in [-0.05, 0) is 46.9 Å². The van der Waals surface area contributed by atoms with Crippen molar-refractivity contribution in [1.82, 2.24) is 13.7 Å². The first-order valence-electron chi connectivity index (χ1n) is 11.9. The van der Waals surface area contributed by atoms with Gasteiger partial charge in [0.1, 0.15) is 5.52 Å². The van der Waals surface area contributed by atoms with Crippen molar-refractivity contribution in [2.75, 3.05) is 0 Å². The molecule has 3 N–H and O–H groups in total. The van der Waals surface area contributed by atoms with E-state index in [-0.39, 0.29) is 67.6 Å². The molecule has 0 aliphatic carbocycles. The van der Waals surface area contributed by atoms with Gasteiger partial charge in [-0.25, -0.2) is 14.4 Å². The van der Waals surface area contributed by atoms with E-state index in [2.05, 4.69) is 0 Å². The maximum atomic E-state index is 11.8. The molecule has 0 radical (unpaired) electrons. The normalized spacial score (nSPS) is 11.2. The number of hydrogen-bond acceptors (Lipinski definition) is 3. The average molecular weight is 765 g/mol. The molecule has 4 aromatic heterocycles. The Morgan fingerprint density at radius 1 is 0.500 bits per heavy atom. The highest BCUT2D eigenvalue weighted by Gasteiger charge is 2.41. The summed E-state index contributed by atoms with van der Waals surface area (Å²) in [6, 6.07) is 14.8. The Kier molecular flexibility index (Phi) is 7.59. The number of imidazole rings is 3. The number of aromatic carboxylic acids is 3. The fraction of sp³-hybridized carbons (Fsp3) is 0.111. The minimum absolute atomic E-state index is 0. The van der Waals surface area contributed by atoms with Crippen LogP contribution >= 0.6 is 0 Å². The molecule has 7 aromatic rings. The van der Waals surface area contributed by atoms with Gasteiger partial charge < -0.3 is 66.3 Å². The zero-order valence-electron chi connectivity index (χ0n) is 22.1. The Morgan fingerprint density at radius 2 is 0.738 bits per heavy atom. The van der Waals surface area contributed by atoms with Crippen molar-refractivity contribution in [3.8, 4) is 0 Å². The molecule has 216 valence electrons. The van der Waals surface area contributed by atoms with E-state index < -0.39 is 17.9 Å². The second-order valence-electron chi connectivity index (χ2n) is 9.61. The molecule has 0 aliphatic rings. The van der Waals surface area contributed by atoms with Gasteiger partial charge in [-0.2, -0.15) is 9.13 Å². The van der Waals surface area contributed by atoms with Crippen LogP contribution in [0.2, 0.25) is 0 Å². The number of carboxylic acid groups (broad SMARTS) is 3. The van der Waals surface area contributed by atoms with Gasteiger partial charge in [-0.1, -0.05) is 8.80 Å². The first-order chi connectivity index (χ1) is 18.6. The van der Waals surface area contributed by atoms with E-state index in [1.807, 2.05) is 48.0 Å². The first kappa shape index (κ1) is 30.9. The molecule has 0 saturated carbocycles. The van der Waals surface area contributed by atoms with Crippen molar-refractivity contribution in [3.05, 3.63) is 71.3 Å². The molecule has 0 saturated heterocycles. The fourth-order valence-electron chi connectivity index (χ4n) is 5.78. The summed E-state index contributed by atoms with van der Waals surface area (Å²) >= 11 is 0. The second-order valence-corrected chi connectivity index (χ2v) is 9.61. The first-order valence-corrected chi connectivity index (χ1v) is 11.9. The van der Waals surface area contributed by atoms with Crippen molar-refractivity contribution in [3.63, 3.8) is 0 Å². The minimum atomic E-state index is -1.04. The smallest absolute Gasteiger partial charge is 0.523 e. The quantitative estimate of drug-likeness (QED) is 0.153. The maximum absolute atomic E-state index is 11.8. The number of halogens is 3. The standard InChI is InChI=1S/C27H18N6O6.3BrH/c1-28-19-10-13(22(34)35)4-7-16(19)31-25(28)32-17-8-5-14(23(36)37)11-20(17)29(2)27(32)33-18-9-6-15(24(38)39)12-21(18)30(3)26(31)33;;;/h4-12H,1-3H3;3*1H. The van der Waals surface area contributed by atoms with Crippen molar-refractivity contribution in [1.29, 1.82) is 0 Å². The number of rotatable bonds is 3. The van der Waals surface area contributed by atoms with Crippen LogP contribution in [0.5, 0.6) is 0 Å². The van der Waals surface area contributed by atoms with Gasteiger partial charge in [0, 0.05) is 19.2 Å². The van der Waals surface area contributed by atoms with Crippen LogP contribution in [0.15, 0.2) is 54.6 Å². The zero-order chi connectivity index (χ0) is 27.5. The highest BCUT2D eigenvalue weighted by Crippen LogP contribution is 2.23.